The molecule has 2 amide bonds. The van der Waals surface area contributed by atoms with Crippen LogP contribution in [-0.2, 0) is 4.79 Å². The van der Waals surface area contributed by atoms with Crippen molar-refractivity contribution < 1.29 is 32.3 Å². The lowest BCUT2D eigenvalue weighted by Gasteiger charge is -2.36. The van der Waals surface area contributed by atoms with E-state index in [2.05, 4.69) is 4.98 Å². The van der Waals surface area contributed by atoms with E-state index < -0.39 is 42.2 Å². The number of amides is 2. The Kier molecular flexibility index (Phi) is 6.71. The van der Waals surface area contributed by atoms with Crippen LogP contribution in [0.4, 0.5) is 23.2 Å². The molecule has 2 heterocycles. The highest BCUT2D eigenvalue weighted by molar-refractivity contribution is 5.98. The Hall–Kier alpha value is -2.43. The van der Waals surface area contributed by atoms with Gasteiger partial charge in [0.15, 0.2) is 0 Å². The molecule has 0 spiro atoms. The van der Waals surface area contributed by atoms with Crippen LogP contribution in [0.3, 0.4) is 0 Å². The summed E-state index contributed by atoms with van der Waals surface area (Å²) >= 11 is 0. The summed E-state index contributed by atoms with van der Waals surface area (Å²) in [5.74, 6) is -1.87. The SMILES string of the molecule is CC(C)(O)[C@H](F)CN(c1ccncc1C(N)=O)[C@@H]1CCN(C(=O)CC(F)(F)F)C1. The number of aliphatic hydroxyl groups is 1. The maximum atomic E-state index is 14.7. The van der Waals surface area contributed by atoms with Gasteiger partial charge in [0.05, 0.1) is 23.4 Å². The third-order valence-corrected chi connectivity index (χ3v) is 4.81. The number of anilines is 1. The standard InChI is InChI=1S/C18H24F4N4O3/c1-17(2,29)14(19)10-26(13-3-5-24-8-12(13)16(23)28)11-4-6-25(9-11)15(27)7-18(20,21)22/h3,5,8,11,14,29H,4,6-7,9-10H2,1-2H3,(H2,23,28)/t11-,14-/m1/s1. The van der Waals surface area contributed by atoms with Gasteiger partial charge in [0.25, 0.3) is 5.91 Å². The number of aromatic nitrogens is 1. The molecular weight excluding hydrogens is 396 g/mol. The van der Waals surface area contributed by atoms with Gasteiger partial charge in [0.1, 0.15) is 12.6 Å². The van der Waals surface area contributed by atoms with Crippen molar-refractivity contribution in [1.29, 1.82) is 0 Å². The lowest BCUT2D eigenvalue weighted by Crippen LogP contribution is -2.48. The summed E-state index contributed by atoms with van der Waals surface area (Å²) in [6.07, 6.45) is -5.09. The van der Waals surface area contributed by atoms with Gasteiger partial charge in [-0.1, -0.05) is 0 Å². The monoisotopic (exact) mass is 420 g/mol. The van der Waals surface area contributed by atoms with Crippen LogP contribution in [0.1, 0.15) is 37.0 Å². The summed E-state index contributed by atoms with van der Waals surface area (Å²) in [7, 11) is 0. The predicted octanol–water partition coefficient (Wildman–Crippen LogP) is 1.65. The molecule has 0 radical (unpaired) electrons. The van der Waals surface area contributed by atoms with Gasteiger partial charge in [0.2, 0.25) is 5.91 Å². The van der Waals surface area contributed by atoms with Crippen LogP contribution in [0, 0.1) is 0 Å². The normalized spacial score (nSPS) is 18.6. The van der Waals surface area contributed by atoms with Crippen molar-refractivity contribution in [3.8, 4) is 0 Å². The quantitative estimate of drug-likeness (QED) is 0.654. The Morgan fingerprint density at radius 1 is 1.41 bits per heavy atom. The number of carbonyl (C=O) groups excluding carboxylic acids is 2. The van der Waals surface area contributed by atoms with Crippen molar-refractivity contribution in [1.82, 2.24) is 9.88 Å². The van der Waals surface area contributed by atoms with E-state index in [0.29, 0.717) is 0 Å². The van der Waals surface area contributed by atoms with Gasteiger partial charge in [-0.15, -0.1) is 0 Å². The topological polar surface area (TPSA) is 99.8 Å². The van der Waals surface area contributed by atoms with Crippen LogP contribution in [0.25, 0.3) is 0 Å². The number of rotatable bonds is 7. The summed E-state index contributed by atoms with van der Waals surface area (Å²) in [6.45, 7) is 2.21. The number of nitrogens with two attached hydrogens (primary N) is 1. The molecule has 0 aromatic carbocycles. The molecule has 7 nitrogen and oxygen atoms in total. The number of pyridine rings is 1. The molecule has 3 N–H and O–H groups in total. The second-order valence-electron chi connectivity index (χ2n) is 7.60. The van der Waals surface area contributed by atoms with Crippen LogP contribution in [0.5, 0.6) is 0 Å². The number of hydrogen-bond donors (Lipinski definition) is 2. The van der Waals surface area contributed by atoms with Crippen molar-refractivity contribution in [3.63, 3.8) is 0 Å². The highest BCUT2D eigenvalue weighted by Gasteiger charge is 2.39. The summed E-state index contributed by atoms with van der Waals surface area (Å²) in [5.41, 5.74) is 3.94. The summed E-state index contributed by atoms with van der Waals surface area (Å²) in [6, 6.07) is 0.880. The van der Waals surface area contributed by atoms with Gasteiger partial charge in [-0.25, -0.2) is 4.39 Å². The Balaban J connectivity index is 2.30. The number of alkyl halides is 4. The average Bonchev–Trinajstić information content (AvgIpc) is 3.07. The molecule has 1 saturated heterocycles. The summed E-state index contributed by atoms with van der Waals surface area (Å²) in [4.78, 5) is 30.0. The fraction of sp³-hybridized carbons (Fsp3) is 0.611. The van der Waals surface area contributed by atoms with Crippen LogP contribution in [-0.4, -0.2) is 70.4 Å². The van der Waals surface area contributed by atoms with Crippen LogP contribution >= 0.6 is 0 Å². The van der Waals surface area contributed by atoms with Crippen LogP contribution in [0.2, 0.25) is 0 Å². The lowest BCUT2D eigenvalue weighted by atomic mass is 10.0. The molecule has 1 fully saturated rings. The first-order valence-corrected chi connectivity index (χ1v) is 9.01. The number of halogens is 4. The molecule has 2 atom stereocenters. The molecule has 2 rings (SSSR count). The maximum absolute atomic E-state index is 14.7. The number of nitrogens with zero attached hydrogens (tertiary/aromatic N) is 3. The summed E-state index contributed by atoms with van der Waals surface area (Å²) < 4.78 is 52.3. The molecule has 0 bridgehead atoms. The summed E-state index contributed by atoms with van der Waals surface area (Å²) in [5, 5.41) is 9.98. The molecular formula is C18H24F4N4O3. The zero-order chi connectivity index (χ0) is 22.0. The molecule has 0 saturated carbocycles. The molecule has 1 aromatic rings. The van der Waals surface area contributed by atoms with E-state index in [-0.39, 0.29) is 37.3 Å². The van der Waals surface area contributed by atoms with E-state index in [4.69, 9.17) is 5.73 Å². The highest BCUT2D eigenvalue weighted by atomic mass is 19.4. The van der Waals surface area contributed by atoms with Gasteiger partial charge < -0.3 is 20.6 Å². The minimum Gasteiger partial charge on any atom is -0.387 e. The van der Waals surface area contributed by atoms with Gasteiger partial charge in [0, 0.05) is 31.5 Å². The second-order valence-corrected chi connectivity index (χ2v) is 7.60. The molecule has 162 valence electrons. The molecule has 11 heteroatoms. The number of carbonyl (C=O) groups is 2. The third kappa shape index (κ3) is 6.02. The van der Waals surface area contributed by atoms with Gasteiger partial charge in [-0.2, -0.15) is 13.2 Å². The minimum atomic E-state index is -4.62. The van der Waals surface area contributed by atoms with E-state index in [1.165, 1.54) is 37.2 Å². The Bertz CT molecular complexity index is 751. The fourth-order valence-corrected chi connectivity index (χ4v) is 3.17. The van der Waals surface area contributed by atoms with Crippen LogP contribution in [0.15, 0.2) is 18.5 Å². The van der Waals surface area contributed by atoms with E-state index in [1.54, 1.807) is 0 Å². The predicted molar refractivity (Wildman–Crippen MR) is 97.0 cm³/mol. The smallest absolute Gasteiger partial charge is 0.387 e. The van der Waals surface area contributed by atoms with E-state index in [9.17, 15) is 32.3 Å². The third-order valence-electron chi connectivity index (χ3n) is 4.81. The van der Waals surface area contributed by atoms with Crippen LogP contribution < -0.4 is 10.6 Å². The first-order chi connectivity index (χ1) is 13.3. The van der Waals surface area contributed by atoms with Crippen molar-refractivity contribution in [2.24, 2.45) is 5.73 Å². The van der Waals surface area contributed by atoms with Crippen molar-refractivity contribution in [3.05, 3.63) is 24.0 Å². The first-order valence-electron chi connectivity index (χ1n) is 9.01. The number of primary amides is 1. The Labute approximate surface area is 165 Å². The average molecular weight is 420 g/mol. The van der Waals surface area contributed by atoms with Crippen molar-refractivity contribution >= 4 is 17.5 Å². The zero-order valence-corrected chi connectivity index (χ0v) is 16.1. The minimum absolute atomic E-state index is 0.00974. The van der Waals surface area contributed by atoms with Crippen molar-refractivity contribution in [2.45, 2.75) is 50.7 Å². The maximum Gasteiger partial charge on any atom is 0.397 e. The second kappa shape index (κ2) is 8.52. The first kappa shape index (κ1) is 22.9. The zero-order valence-electron chi connectivity index (χ0n) is 16.1. The van der Waals surface area contributed by atoms with E-state index in [0.717, 1.165) is 4.90 Å². The largest absolute Gasteiger partial charge is 0.397 e. The van der Waals surface area contributed by atoms with Gasteiger partial charge in [-0.05, 0) is 26.3 Å². The molecule has 29 heavy (non-hydrogen) atoms. The molecule has 1 aliphatic rings. The number of likely N-dealkylation sites (tertiary alicyclic amines) is 1. The Morgan fingerprint density at radius 3 is 2.62 bits per heavy atom. The van der Waals surface area contributed by atoms with Gasteiger partial charge in [-0.3, -0.25) is 14.6 Å². The molecule has 0 aliphatic carbocycles. The highest BCUT2D eigenvalue weighted by Crippen LogP contribution is 2.29. The molecule has 1 aliphatic heterocycles. The molecule has 0 unspecified atom stereocenters. The fourth-order valence-electron chi connectivity index (χ4n) is 3.17. The Morgan fingerprint density at radius 2 is 2.07 bits per heavy atom. The van der Waals surface area contributed by atoms with Gasteiger partial charge >= 0.3 is 6.18 Å². The van der Waals surface area contributed by atoms with Crippen molar-refractivity contribution in [2.75, 3.05) is 24.5 Å². The van der Waals surface area contributed by atoms with E-state index >= 15 is 0 Å². The number of hydrogen-bond acceptors (Lipinski definition) is 5. The molecule has 1 aromatic heterocycles. The lowest BCUT2D eigenvalue weighted by molar-refractivity contribution is -0.160. The van der Waals surface area contributed by atoms with E-state index in [1.807, 2.05) is 0 Å².